The van der Waals surface area contributed by atoms with Crippen molar-refractivity contribution in [3.05, 3.63) is 34.8 Å². The van der Waals surface area contributed by atoms with Crippen molar-refractivity contribution in [1.82, 2.24) is 19.4 Å². The number of likely N-dealkylation sites (tertiary alicyclic amines) is 1. The molecule has 2 aliphatic rings. The minimum absolute atomic E-state index is 0.276. The van der Waals surface area contributed by atoms with Gasteiger partial charge in [0.15, 0.2) is 0 Å². The summed E-state index contributed by atoms with van der Waals surface area (Å²) in [6.45, 7) is 2.51. The van der Waals surface area contributed by atoms with Crippen molar-refractivity contribution in [2.75, 3.05) is 13.1 Å². The van der Waals surface area contributed by atoms with Crippen molar-refractivity contribution in [2.24, 2.45) is 5.92 Å². The number of hydrogen-bond acceptors (Lipinski definition) is 4. The lowest BCUT2D eigenvalue weighted by atomic mass is 9.95. The van der Waals surface area contributed by atoms with Gasteiger partial charge in [-0.1, -0.05) is 12.8 Å². The number of nitrogens with zero attached hydrogens (tertiary/aromatic N) is 4. The minimum Gasteiger partial charge on any atom is -0.342 e. The third kappa shape index (κ3) is 3.24. The Kier molecular flexibility index (Phi) is 4.65. The standard InChI is InChI=1S/C18H24N4OS/c23-18(14-4-1-2-5-14)22-8-3-6-15(10-22)17-19-7-9-21(17)11-16-12-24-13-20-16/h7,9,12-15H,1-6,8,10-11H2/t15-/m1/s1. The second kappa shape index (κ2) is 7.05. The molecule has 1 aliphatic carbocycles. The van der Waals surface area contributed by atoms with E-state index in [4.69, 9.17) is 0 Å². The van der Waals surface area contributed by atoms with Gasteiger partial charge in [0.05, 0.1) is 17.7 Å². The zero-order valence-corrected chi connectivity index (χ0v) is 14.7. The molecule has 0 bridgehead atoms. The molecular weight excluding hydrogens is 320 g/mol. The molecule has 1 saturated carbocycles. The smallest absolute Gasteiger partial charge is 0.225 e. The van der Waals surface area contributed by atoms with Crippen LogP contribution in [-0.2, 0) is 11.3 Å². The summed E-state index contributed by atoms with van der Waals surface area (Å²) in [5.41, 5.74) is 2.95. The summed E-state index contributed by atoms with van der Waals surface area (Å²) in [5, 5.41) is 2.08. The molecule has 1 saturated heterocycles. The molecule has 0 aromatic carbocycles. The minimum atomic E-state index is 0.276. The van der Waals surface area contributed by atoms with E-state index in [9.17, 15) is 4.79 Å². The van der Waals surface area contributed by atoms with Gasteiger partial charge in [0.2, 0.25) is 5.91 Å². The molecule has 0 unspecified atom stereocenters. The van der Waals surface area contributed by atoms with Crippen LogP contribution < -0.4 is 0 Å². The summed E-state index contributed by atoms with van der Waals surface area (Å²) < 4.78 is 2.20. The quantitative estimate of drug-likeness (QED) is 0.855. The normalized spacial score (nSPS) is 22.2. The van der Waals surface area contributed by atoms with Crippen LogP contribution in [0.1, 0.15) is 56.0 Å². The predicted octanol–water partition coefficient (Wildman–Crippen LogP) is 3.28. The third-order valence-electron chi connectivity index (χ3n) is 5.37. The van der Waals surface area contributed by atoms with Crippen LogP contribution in [0.25, 0.3) is 0 Å². The zero-order valence-electron chi connectivity index (χ0n) is 13.9. The van der Waals surface area contributed by atoms with Crippen LogP contribution in [0.4, 0.5) is 0 Å². The van der Waals surface area contributed by atoms with E-state index in [1.54, 1.807) is 11.3 Å². The van der Waals surface area contributed by atoms with Gasteiger partial charge in [-0.05, 0) is 25.7 Å². The van der Waals surface area contributed by atoms with Crippen molar-refractivity contribution in [1.29, 1.82) is 0 Å². The fourth-order valence-corrected chi connectivity index (χ4v) is 4.67. The Bertz CT molecular complexity index is 675. The summed E-state index contributed by atoms with van der Waals surface area (Å²) in [6.07, 6.45) is 10.7. The SMILES string of the molecule is O=C(C1CCCC1)N1CCC[C@@H](c2nccn2Cc2cscn2)C1. The van der Waals surface area contributed by atoms with E-state index >= 15 is 0 Å². The number of rotatable bonds is 4. The van der Waals surface area contributed by atoms with Crippen molar-refractivity contribution in [3.8, 4) is 0 Å². The molecule has 128 valence electrons. The first-order chi connectivity index (χ1) is 11.8. The van der Waals surface area contributed by atoms with E-state index in [0.717, 1.165) is 56.8 Å². The molecular formula is C18H24N4OS. The van der Waals surface area contributed by atoms with Crippen LogP contribution in [-0.4, -0.2) is 38.4 Å². The topological polar surface area (TPSA) is 51.0 Å². The molecule has 4 rings (SSSR count). The molecule has 0 radical (unpaired) electrons. The average Bonchev–Trinajstić information content (AvgIpc) is 3.37. The highest BCUT2D eigenvalue weighted by Gasteiger charge is 2.32. The molecule has 2 fully saturated rings. The van der Waals surface area contributed by atoms with Crippen LogP contribution in [0.3, 0.4) is 0 Å². The number of carbonyl (C=O) groups is 1. The Balaban J connectivity index is 1.46. The predicted molar refractivity (Wildman–Crippen MR) is 94.0 cm³/mol. The van der Waals surface area contributed by atoms with Gasteiger partial charge in [0.25, 0.3) is 0 Å². The highest BCUT2D eigenvalue weighted by Crippen LogP contribution is 2.31. The molecule has 6 heteroatoms. The maximum atomic E-state index is 12.7. The average molecular weight is 344 g/mol. The summed E-state index contributed by atoms with van der Waals surface area (Å²) in [6, 6.07) is 0. The molecule has 0 N–H and O–H groups in total. The third-order valence-corrected chi connectivity index (χ3v) is 6.00. The number of aromatic nitrogens is 3. The Labute approximate surface area is 146 Å². The number of thiazole rings is 1. The Morgan fingerprint density at radius 2 is 2.08 bits per heavy atom. The molecule has 2 aromatic heterocycles. The van der Waals surface area contributed by atoms with Gasteiger partial charge in [-0.3, -0.25) is 4.79 Å². The highest BCUT2D eigenvalue weighted by molar-refractivity contribution is 7.07. The van der Waals surface area contributed by atoms with E-state index < -0.39 is 0 Å². The number of hydrogen-bond donors (Lipinski definition) is 0. The van der Waals surface area contributed by atoms with Gasteiger partial charge in [0.1, 0.15) is 5.82 Å². The molecule has 2 aromatic rings. The maximum Gasteiger partial charge on any atom is 0.225 e. The summed E-state index contributed by atoms with van der Waals surface area (Å²) >= 11 is 1.62. The zero-order chi connectivity index (χ0) is 16.4. The van der Waals surface area contributed by atoms with Crippen molar-refractivity contribution < 1.29 is 4.79 Å². The van der Waals surface area contributed by atoms with E-state index in [1.165, 1.54) is 12.8 Å². The van der Waals surface area contributed by atoms with Crippen molar-refractivity contribution >= 4 is 17.2 Å². The summed E-state index contributed by atoms with van der Waals surface area (Å²) in [7, 11) is 0. The molecule has 1 aliphatic heterocycles. The molecule has 3 heterocycles. The van der Waals surface area contributed by atoms with Crippen LogP contribution in [0.5, 0.6) is 0 Å². The number of carbonyl (C=O) groups excluding carboxylic acids is 1. The van der Waals surface area contributed by atoms with E-state index in [0.29, 0.717) is 11.8 Å². The van der Waals surface area contributed by atoms with Gasteiger partial charge >= 0.3 is 0 Å². The van der Waals surface area contributed by atoms with Gasteiger partial charge in [-0.15, -0.1) is 11.3 Å². The van der Waals surface area contributed by atoms with Gasteiger partial charge < -0.3 is 9.47 Å². The van der Waals surface area contributed by atoms with Gasteiger partial charge in [-0.2, -0.15) is 0 Å². The van der Waals surface area contributed by atoms with Crippen molar-refractivity contribution in [2.45, 2.75) is 51.0 Å². The van der Waals surface area contributed by atoms with E-state index in [1.807, 2.05) is 17.9 Å². The van der Waals surface area contributed by atoms with Crippen LogP contribution in [0.2, 0.25) is 0 Å². The summed E-state index contributed by atoms with van der Waals surface area (Å²) in [4.78, 5) is 23.8. The van der Waals surface area contributed by atoms with Crippen LogP contribution in [0.15, 0.2) is 23.3 Å². The van der Waals surface area contributed by atoms with E-state index in [2.05, 4.69) is 24.8 Å². The molecule has 0 spiro atoms. The van der Waals surface area contributed by atoms with Gasteiger partial charge in [0, 0.05) is 42.7 Å². The Morgan fingerprint density at radius 1 is 1.21 bits per heavy atom. The number of amides is 1. The fourth-order valence-electron chi connectivity index (χ4n) is 4.12. The van der Waals surface area contributed by atoms with Crippen molar-refractivity contribution in [3.63, 3.8) is 0 Å². The highest BCUT2D eigenvalue weighted by atomic mass is 32.1. The lowest BCUT2D eigenvalue weighted by molar-refractivity contribution is -0.136. The fraction of sp³-hybridized carbons (Fsp3) is 0.611. The number of imidazole rings is 1. The number of piperidine rings is 1. The first-order valence-corrected chi connectivity index (χ1v) is 9.92. The monoisotopic (exact) mass is 344 g/mol. The molecule has 1 amide bonds. The molecule has 24 heavy (non-hydrogen) atoms. The lowest BCUT2D eigenvalue weighted by Gasteiger charge is -2.34. The second-order valence-corrected chi connectivity index (χ2v) is 7.72. The van der Waals surface area contributed by atoms with Gasteiger partial charge in [-0.25, -0.2) is 9.97 Å². The molecule has 5 nitrogen and oxygen atoms in total. The first-order valence-electron chi connectivity index (χ1n) is 8.98. The summed E-state index contributed by atoms with van der Waals surface area (Å²) in [5.74, 6) is 2.11. The Morgan fingerprint density at radius 3 is 2.88 bits per heavy atom. The molecule has 1 atom stereocenters. The maximum absolute atomic E-state index is 12.7. The van der Waals surface area contributed by atoms with Crippen LogP contribution >= 0.6 is 11.3 Å². The first kappa shape index (κ1) is 15.8. The largest absolute Gasteiger partial charge is 0.342 e. The van der Waals surface area contributed by atoms with E-state index in [-0.39, 0.29) is 5.92 Å². The van der Waals surface area contributed by atoms with Crippen LogP contribution in [0, 0.1) is 5.92 Å². The Hall–Kier alpha value is -1.69. The second-order valence-electron chi connectivity index (χ2n) is 7.00. The lowest BCUT2D eigenvalue weighted by Crippen LogP contribution is -2.42.